The molecule has 2 N–H and O–H groups in total. The summed E-state index contributed by atoms with van der Waals surface area (Å²) in [6.07, 6.45) is 4.42. The smallest absolute Gasteiger partial charge is 0.305 e. The predicted molar refractivity (Wildman–Crippen MR) is 109 cm³/mol. The molecule has 0 saturated carbocycles. The molecule has 7 nitrogen and oxygen atoms in total. The molecule has 0 spiro atoms. The Balaban J connectivity index is 0. The van der Waals surface area contributed by atoms with E-state index in [-0.39, 0.29) is 29.9 Å². The van der Waals surface area contributed by atoms with Crippen molar-refractivity contribution in [2.24, 2.45) is 4.99 Å². The lowest BCUT2D eigenvalue weighted by atomic mass is 10.2. The van der Waals surface area contributed by atoms with Crippen LogP contribution in [-0.4, -0.2) is 77.9 Å². The van der Waals surface area contributed by atoms with Gasteiger partial charge in [-0.1, -0.05) is 6.42 Å². The summed E-state index contributed by atoms with van der Waals surface area (Å²) in [5, 5.41) is 6.58. The standard InChI is InChI=1S/C16H34N4O3.HI/c1-17-16(18-10-7-5-6-9-15(21)23-4)19-11-13-20(2)12-8-14-22-3;/h5-14H2,1-4H3,(H2,17,18,19);1H. The van der Waals surface area contributed by atoms with Gasteiger partial charge in [-0.15, -0.1) is 24.0 Å². The third-order valence-electron chi connectivity index (χ3n) is 3.48. The molecule has 0 bridgehead atoms. The molecule has 8 heteroatoms. The van der Waals surface area contributed by atoms with Crippen molar-refractivity contribution in [2.75, 3.05) is 61.1 Å². The third kappa shape index (κ3) is 16.3. The number of ether oxygens (including phenoxy) is 2. The van der Waals surface area contributed by atoms with E-state index < -0.39 is 0 Å². The average molecular weight is 458 g/mol. The van der Waals surface area contributed by atoms with E-state index in [0.29, 0.717) is 6.42 Å². The van der Waals surface area contributed by atoms with Crippen LogP contribution in [-0.2, 0) is 14.3 Å². The fourth-order valence-corrected chi connectivity index (χ4v) is 2.06. The predicted octanol–water partition coefficient (Wildman–Crippen LogP) is 1.47. The third-order valence-corrected chi connectivity index (χ3v) is 3.48. The van der Waals surface area contributed by atoms with Crippen LogP contribution in [0.2, 0.25) is 0 Å². The van der Waals surface area contributed by atoms with Crippen molar-refractivity contribution in [3.63, 3.8) is 0 Å². The average Bonchev–Trinajstić information content (AvgIpc) is 2.56. The quantitative estimate of drug-likeness (QED) is 0.143. The maximum absolute atomic E-state index is 11.0. The number of carbonyl (C=O) groups excluding carboxylic acids is 1. The number of guanidine groups is 1. The van der Waals surface area contributed by atoms with Crippen molar-refractivity contribution in [1.29, 1.82) is 0 Å². The molecule has 24 heavy (non-hydrogen) atoms. The second-order valence-corrected chi connectivity index (χ2v) is 5.46. The van der Waals surface area contributed by atoms with Crippen LogP contribution in [0.5, 0.6) is 0 Å². The lowest BCUT2D eigenvalue weighted by Crippen LogP contribution is -2.41. The van der Waals surface area contributed by atoms with Gasteiger partial charge in [0.25, 0.3) is 0 Å². The number of unbranched alkanes of at least 4 members (excludes halogenated alkanes) is 2. The fourth-order valence-electron chi connectivity index (χ4n) is 2.06. The van der Waals surface area contributed by atoms with Crippen LogP contribution in [0.15, 0.2) is 4.99 Å². The van der Waals surface area contributed by atoms with Gasteiger partial charge in [0.1, 0.15) is 0 Å². The van der Waals surface area contributed by atoms with E-state index in [4.69, 9.17) is 4.74 Å². The molecule has 0 aliphatic heterocycles. The lowest BCUT2D eigenvalue weighted by Gasteiger charge is -2.18. The summed E-state index contributed by atoms with van der Waals surface area (Å²) < 4.78 is 9.66. The number of carbonyl (C=O) groups is 1. The monoisotopic (exact) mass is 458 g/mol. The second-order valence-electron chi connectivity index (χ2n) is 5.46. The Morgan fingerprint density at radius 3 is 2.38 bits per heavy atom. The van der Waals surface area contributed by atoms with E-state index in [1.165, 1.54) is 7.11 Å². The topological polar surface area (TPSA) is 75.2 Å². The van der Waals surface area contributed by atoms with E-state index >= 15 is 0 Å². The number of aliphatic imine (C=N–C) groups is 1. The van der Waals surface area contributed by atoms with Gasteiger partial charge in [-0.25, -0.2) is 0 Å². The molecule has 144 valence electrons. The number of nitrogens with one attached hydrogen (secondary N) is 2. The second kappa shape index (κ2) is 18.7. The molecule has 0 amide bonds. The van der Waals surface area contributed by atoms with E-state index in [1.807, 2.05) is 0 Å². The van der Waals surface area contributed by atoms with Crippen molar-refractivity contribution in [1.82, 2.24) is 15.5 Å². The molecule has 0 radical (unpaired) electrons. The first-order valence-corrected chi connectivity index (χ1v) is 8.32. The Morgan fingerprint density at radius 1 is 1.04 bits per heavy atom. The minimum atomic E-state index is -0.134. The SMILES string of the molecule is CN=C(NCCCCCC(=O)OC)NCCN(C)CCCOC.I. The van der Waals surface area contributed by atoms with Crippen LogP contribution >= 0.6 is 24.0 Å². The van der Waals surface area contributed by atoms with E-state index in [9.17, 15) is 4.79 Å². The molecule has 0 saturated heterocycles. The fraction of sp³-hybridized carbons (Fsp3) is 0.875. The highest BCUT2D eigenvalue weighted by atomic mass is 127. The maximum atomic E-state index is 11.0. The van der Waals surface area contributed by atoms with Gasteiger partial charge in [0, 0.05) is 53.4 Å². The highest BCUT2D eigenvalue weighted by Crippen LogP contribution is 1.99. The summed E-state index contributed by atoms with van der Waals surface area (Å²) in [6, 6.07) is 0. The molecule has 0 fully saturated rings. The molecular formula is C16H35IN4O3. The molecule has 0 heterocycles. The van der Waals surface area contributed by atoms with Gasteiger partial charge in [0.15, 0.2) is 5.96 Å². The van der Waals surface area contributed by atoms with Crippen LogP contribution < -0.4 is 10.6 Å². The number of hydrogen-bond acceptors (Lipinski definition) is 5. The Kier molecular flexibility index (Phi) is 20.0. The summed E-state index contributed by atoms with van der Waals surface area (Å²) >= 11 is 0. The van der Waals surface area contributed by atoms with Gasteiger partial charge < -0.3 is 25.0 Å². The maximum Gasteiger partial charge on any atom is 0.305 e. The molecule has 0 rings (SSSR count). The number of rotatable bonds is 13. The van der Waals surface area contributed by atoms with Gasteiger partial charge in [0.2, 0.25) is 0 Å². The summed E-state index contributed by atoms with van der Waals surface area (Å²) in [6.45, 7) is 4.50. The zero-order chi connectivity index (χ0) is 17.3. The van der Waals surface area contributed by atoms with Gasteiger partial charge >= 0.3 is 5.97 Å². The van der Waals surface area contributed by atoms with Crippen LogP contribution in [0.1, 0.15) is 32.1 Å². The summed E-state index contributed by atoms with van der Waals surface area (Å²) in [5.74, 6) is 0.688. The Labute approximate surface area is 164 Å². The largest absolute Gasteiger partial charge is 0.469 e. The molecule has 0 atom stereocenters. The normalized spacial score (nSPS) is 11.1. The highest BCUT2D eigenvalue weighted by molar-refractivity contribution is 14.0. The number of methoxy groups -OCH3 is 2. The van der Waals surface area contributed by atoms with Crippen molar-refractivity contribution in [3.8, 4) is 0 Å². The van der Waals surface area contributed by atoms with Crippen molar-refractivity contribution in [2.45, 2.75) is 32.1 Å². The van der Waals surface area contributed by atoms with Crippen molar-refractivity contribution < 1.29 is 14.3 Å². The number of nitrogens with zero attached hydrogens (tertiary/aromatic N) is 2. The number of hydrogen-bond donors (Lipinski definition) is 2. The van der Waals surface area contributed by atoms with E-state index in [2.05, 4.69) is 32.3 Å². The first-order valence-electron chi connectivity index (χ1n) is 8.32. The molecular weight excluding hydrogens is 423 g/mol. The molecule has 0 aromatic carbocycles. The Bertz CT molecular complexity index is 330. The van der Waals surface area contributed by atoms with E-state index in [0.717, 1.165) is 64.4 Å². The Hall–Kier alpha value is -0.610. The minimum absolute atomic E-state index is 0. The number of esters is 1. The molecule has 0 aromatic heterocycles. The van der Waals surface area contributed by atoms with Gasteiger partial charge in [-0.05, 0) is 26.3 Å². The molecule has 0 aromatic rings. The van der Waals surface area contributed by atoms with Crippen LogP contribution in [0.3, 0.4) is 0 Å². The van der Waals surface area contributed by atoms with Gasteiger partial charge in [0.05, 0.1) is 7.11 Å². The number of halogens is 1. The summed E-state index contributed by atoms with van der Waals surface area (Å²) in [5.41, 5.74) is 0. The van der Waals surface area contributed by atoms with Crippen molar-refractivity contribution >= 4 is 35.9 Å². The minimum Gasteiger partial charge on any atom is -0.469 e. The lowest BCUT2D eigenvalue weighted by molar-refractivity contribution is -0.140. The van der Waals surface area contributed by atoms with Gasteiger partial charge in [-0.3, -0.25) is 9.79 Å². The molecule has 0 unspecified atom stereocenters. The zero-order valence-electron chi connectivity index (χ0n) is 15.6. The first kappa shape index (κ1) is 25.6. The Morgan fingerprint density at radius 2 is 1.75 bits per heavy atom. The summed E-state index contributed by atoms with van der Waals surface area (Å²) in [7, 11) is 7.03. The molecule has 0 aliphatic rings. The summed E-state index contributed by atoms with van der Waals surface area (Å²) in [4.78, 5) is 17.4. The molecule has 0 aliphatic carbocycles. The van der Waals surface area contributed by atoms with Crippen LogP contribution in [0.4, 0.5) is 0 Å². The zero-order valence-corrected chi connectivity index (χ0v) is 17.9. The highest BCUT2D eigenvalue weighted by Gasteiger charge is 2.01. The van der Waals surface area contributed by atoms with Crippen LogP contribution in [0.25, 0.3) is 0 Å². The van der Waals surface area contributed by atoms with E-state index in [1.54, 1.807) is 14.2 Å². The van der Waals surface area contributed by atoms with Gasteiger partial charge in [-0.2, -0.15) is 0 Å². The van der Waals surface area contributed by atoms with Crippen LogP contribution in [0, 0.1) is 0 Å². The first-order chi connectivity index (χ1) is 11.1. The van der Waals surface area contributed by atoms with Crippen molar-refractivity contribution in [3.05, 3.63) is 0 Å². The number of likely N-dealkylation sites (N-methyl/N-ethyl adjacent to an activating group) is 1.